The van der Waals surface area contributed by atoms with E-state index in [2.05, 4.69) is 29.6 Å². The van der Waals surface area contributed by atoms with Crippen LogP contribution in [0.5, 0.6) is 5.75 Å². The zero-order chi connectivity index (χ0) is 23.8. The molecule has 0 spiro atoms. The molecule has 33 heavy (non-hydrogen) atoms. The van der Waals surface area contributed by atoms with E-state index >= 15 is 0 Å². The first-order chi connectivity index (χ1) is 15.8. The van der Waals surface area contributed by atoms with Gasteiger partial charge in [-0.15, -0.1) is 0 Å². The van der Waals surface area contributed by atoms with Gasteiger partial charge in [0, 0.05) is 6.54 Å². The first kappa shape index (κ1) is 24.3. The number of nitrogens with one attached hydrogen (secondary N) is 1. The number of ether oxygens (including phenoxy) is 1. The number of aryl methyl sites for hydroxylation is 3. The van der Waals surface area contributed by atoms with E-state index in [0.29, 0.717) is 18.0 Å². The van der Waals surface area contributed by atoms with Crippen molar-refractivity contribution in [1.82, 2.24) is 5.32 Å². The molecule has 0 unspecified atom stereocenters. The number of carbonyl (C=O) groups is 1. The summed E-state index contributed by atoms with van der Waals surface area (Å²) in [6.07, 6.45) is 1.59. The molecule has 1 N–H and O–H groups in total. The van der Waals surface area contributed by atoms with Crippen LogP contribution in [0, 0.1) is 13.8 Å². The highest BCUT2D eigenvalue weighted by Crippen LogP contribution is 2.33. The Labute approximate surface area is 196 Å². The Morgan fingerprint density at radius 2 is 1.61 bits per heavy atom. The highest BCUT2D eigenvalue weighted by Gasteiger charge is 2.29. The first-order valence-corrected chi connectivity index (χ1v) is 12.3. The number of anilines is 1. The van der Waals surface area contributed by atoms with Crippen molar-refractivity contribution in [3.63, 3.8) is 0 Å². The van der Waals surface area contributed by atoms with Gasteiger partial charge in [0.25, 0.3) is 10.0 Å². The van der Waals surface area contributed by atoms with Gasteiger partial charge in [-0.3, -0.25) is 9.10 Å². The number of sulfonamides is 1. The van der Waals surface area contributed by atoms with Gasteiger partial charge in [0.05, 0.1) is 17.7 Å². The highest BCUT2D eigenvalue weighted by molar-refractivity contribution is 7.92. The molecule has 1 amide bonds. The van der Waals surface area contributed by atoms with Crippen LogP contribution in [0.1, 0.15) is 23.1 Å². The molecule has 0 saturated heterocycles. The van der Waals surface area contributed by atoms with Crippen molar-refractivity contribution < 1.29 is 17.9 Å². The SMILES string of the molecule is COc1ccc(C)cc1N(CC(=O)NCCCc1ccc(C)cc1)S(=O)(=O)c1ccccc1. The van der Waals surface area contributed by atoms with Gasteiger partial charge in [0.1, 0.15) is 12.3 Å². The van der Waals surface area contributed by atoms with E-state index in [0.717, 1.165) is 22.7 Å². The molecule has 3 rings (SSSR count). The molecule has 0 aromatic heterocycles. The number of carbonyl (C=O) groups excluding carboxylic acids is 1. The van der Waals surface area contributed by atoms with Crippen molar-refractivity contribution >= 4 is 21.6 Å². The summed E-state index contributed by atoms with van der Waals surface area (Å²) in [4.78, 5) is 12.9. The van der Waals surface area contributed by atoms with Crippen molar-refractivity contribution in [3.05, 3.63) is 89.5 Å². The molecule has 3 aromatic carbocycles. The first-order valence-electron chi connectivity index (χ1n) is 10.9. The Bertz CT molecular complexity index is 1180. The Balaban J connectivity index is 1.76. The minimum atomic E-state index is -3.98. The second-order valence-corrected chi connectivity index (χ2v) is 9.80. The minimum Gasteiger partial charge on any atom is -0.495 e. The van der Waals surface area contributed by atoms with E-state index in [-0.39, 0.29) is 17.3 Å². The molecule has 174 valence electrons. The molecule has 7 heteroatoms. The number of rotatable bonds is 10. The fourth-order valence-electron chi connectivity index (χ4n) is 3.48. The molecule has 3 aromatic rings. The van der Waals surface area contributed by atoms with E-state index < -0.39 is 10.0 Å². The van der Waals surface area contributed by atoms with E-state index in [1.165, 1.54) is 30.4 Å². The van der Waals surface area contributed by atoms with Crippen molar-refractivity contribution in [2.75, 3.05) is 24.5 Å². The lowest BCUT2D eigenvalue weighted by Gasteiger charge is -2.26. The molecular formula is C26H30N2O4S. The monoisotopic (exact) mass is 466 g/mol. The van der Waals surface area contributed by atoms with Gasteiger partial charge in [0.15, 0.2) is 0 Å². The second kappa shape index (κ2) is 11.0. The number of methoxy groups -OCH3 is 1. The highest BCUT2D eigenvalue weighted by atomic mass is 32.2. The van der Waals surface area contributed by atoms with Gasteiger partial charge in [0.2, 0.25) is 5.91 Å². The second-order valence-electron chi connectivity index (χ2n) is 7.94. The van der Waals surface area contributed by atoms with Crippen molar-refractivity contribution in [3.8, 4) is 5.75 Å². The molecule has 6 nitrogen and oxygen atoms in total. The van der Waals surface area contributed by atoms with Gasteiger partial charge in [-0.2, -0.15) is 0 Å². The van der Waals surface area contributed by atoms with Crippen LogP contribution in [0.25, 0.3) is 0 Å². The third-order valence-electron chi connectivity index (χ3n) is 5.31. The molecule has 0 aliphatic rings. The van der Waals surface area contributed by atoms with Gasteiger partial charge in [-0.1, -0.05) is 54.1 Å². The number of hydrogen-bond donors (Lipinski definition) is 1. The Morgan fingerprint density at radius 1 is 0.939 bits per heavy atom. The average molecular weight is 467 g/mol. The largest absolute Gasteiger partial charge is 0.495 e. The molecular weight excluding hydrogens is 436 g/mol. The molecule has 0 saturated carbocycles. The smallest absolute Gasteiger partial charge is 0.264 e. The van der Waals surface area contributed by atoms with E-state index in [9.17, 15) is 13.2 Å². The molecule has 0 aliphatic carbocycles. The molecule has 0 bridgehead atoms. The van der Waals surface area contributed by atoms with Gasteiger partial charge in [-0.05, 0) is 62.1 Å². The van der Waals surface area contributed by atoms with Crippen molar-refractivity contribution in [2.24, 2.45) is 0 Å². The Hall–Kier alpha value is -3.32. The third-order valence-corrected chi connectivity index (χ3v) is 7.08. The quantitative estimate of drug-likeness (QED) is 0.453. The lowest BCUT2D eigenvalue weighted by atomic mass is 10.1. The van der Waals surface area contributed by atoms with E-state index in [4.69, 9.17) is 4.74 Å². The predicted octanol–water partition coefficient (Wildman–Crippen LogP) is 4.26. The molecule has 0 heterocycles. The van der Waals surface area contributed by atoms with Crippen molar-refractivity contribution in [1.29, 1.82) is 0 Å². The lowest BCUT2D eigenvalue weighted by Crippen LogP contribution is -2.41. The van der Waals surface area contributed by atoms with Crippen LogP contribution in [0.15, 0.2) is 77.7 Å². The predicted molar refractivity (Wildman–Crippen MR) is 131 cm³/mol. The van der Waals surface area contributed by atoms with Gasteiger partial charge >= 0.3 is 0 Å². The standard InChI is InChI=1S/C26H30N2O4S/c1-20-11-14-22(15-12-20)8-7-17-27-26(29)19-28(24-18-21(2)13-16-25(24)32-3)33(30,31)23-9-5-4-6-10-23/h4-6,9-16,18H,7-8,17,19H2,1-3H3,(H,27,29). The summed E-state index contributed by atoms with van der Waals surface area (Å²) < 4.78 is 33.5. The van der Waals surface area contributed by atoms with E-state index in [1.54, 1.807) is 30.3 Å². The number of benzene rings is 3. The summed E-state index contributed by atoms with van der Waals surface area (Å²) in [5.74, 6) is 0.00856. The zero-order valence-corrected chi connectivity index (χ0v) is 20.1. The Kier molecular flexibility index (Phi) is 8.11. The maximum absolute atomic E-state index is 13.5. The number of hydrogen-bond acceptors (Lipinski definition) is 4. The summed E-state index contributed by atoms with van der Waals surface area (Å²) >= 11 is 0. The molecule has 0 atom stereocenters. The summed E-state index contributed by atoms with van der Waals surface area (Å²) in [6.45, 7) is 4.02. The fourth-order valence-corrected chi connectivity index (χ4v) is 4.92. The number of amides is 1. The van der Waals surface area contributed by atoms with Crippen LogP contribution < -0.4 is 14.4 Å². The summed E-state index contributed by atoms with van der Waals surface area (Å²) in [6, 6.07) is 21.6. The topological polar surface area (TPSA) is 75.7 Å². The van der Waals surface area contributed by atoms with Crippen LogP contribution in [0.2, 0.25) is 0 Å². The average Bonchev–Trinajstić information content (AvgIpc) is 2.82. The molecule has 0 fully saturated rings. The van der Waals surface area contributed by atoms with Gasteiger partial charge in [-0.25, -0.2) is 8.42 Å². The summed E-state index contributed by atoms with van der Waals surface area (Å²) in [5.41, 5.74) is 3.60. The molecule has 0 aliphatic heterocycles. The maximum Gasteiger partial charge on any atom is 0.264 e. The third kappa shape index (κ3) is 6.35. The lowest BCUT2D eigenvalue weighted by molar-refractivity contribution is -0.119. The van der Waals surface area contributed by atoms with Crippen LogP contribution >= 0.6 is 0 Å². The zero-order valence-electron chi connectivity index (χ0n) is 19.2. The Morgan fingerprint density at radius 3 is 2.27 bits per heavy atom. The summed E-state index contributed by atoms with van der Waals surface area (Å²) in [5, 5.41) is 2.85. The molecule has 0 radical (unpaired) electrons. The minimum absolute atomic E-state index is 0.112. The van der Waals surface area contributed by atoms with Crippen LogP contribution in [-0.2, 0) is 21.2 Å². The number of nitrogens with zero attached hydrogens (tertiary/aromatic N) is 1. The normalized spacial score (nSPS) is 11.1. The maximum atomic E-state index is 13.5. The van der Waals surface area contributed by atoms with Crippen molar-refractivity contribution in [2.45, 2.75) is 31.6 Å². The van der Waals surface area contributed by atoms with Gasteiger partial charge < -0.3 is 10.1 Å². The summed E-state index contributed by atoms with van der Waals surface area (Å²) in [7, 11) is -2.50. The van der Waals surface area contributed by atoms with E-state index in [1.807, 2.05) is 19.9 Å². The van der Waals surface area contributed by atoms with Crippen LogP contribution in [0.3, 0.4) is 0 Å². The fraction of sp³-hybridized carbons (Fsp3) is 0.269. The van der Waals surface area contributed by atoms with Crippen LogP contribution in [0.4, 0.5) is 5.69 Å². The van der Waals surface area contributed by atoms with Crippen LogP contribution in [-0.4, -0.2) is 34.5 Å².